The molecule has 0 aliphatic heterocycles. The number of imidazole rings is 1. The molecule has 0 bridgehead atoms. The van der Waals surface area contributed by atoms with Crippen LogP contribution >= 0.6 is 0 Å². The van der Waals surface area contributed by atoms with Crippen molar-refractivity contribution in [3.05, 3.63) is 47.3 Å². The Morgan fingerprint density at radius 2 is 2.00 bits per heavy atom. The fraction of sp³-hybridized carbons (Fsp3) is 0.467. The van der Waals surface area contributed by atoms with E-state index in [2.05, 4.69) is 16.5 Å². The third-order valence-electron chi connectivity index (χ3n) is 3.97. The molecule has 0 amide bonds. The van der Waals surface area contributed by atoms with Crippen LogP contribution in [0.2, 0.25) is 0 Å². The van der Waals surface area contributed by atoms with Gasteiger partial charge in [-0.25, -0.2) is 4.98 Å². The summed E-state index contributed by atoms with van der Waals surface area (Å²) in [6.07, 6.45) is 8.40. The minimum Gasteiger partial charge on any atom is -0.328 e. The van der Waals surface area contributed by atoms with Gasteiger partial charge in [-0.15, -0.1) is 0 Å². The van der Waals surface area contributed by atoms with Crippen LogP contribution in [-0.4, -0.2) is 21.1 Å². The number of nitrogens with zero attached hydrogens (tertiary/aromatic N) is 3. The lowest BCUT2D eigenvalue weighted by Gasteiger charge is -2.23. The second kappa shape index (κ2) is 5.13. The van der Waals surface area contributed by atoms with Gasteiger partial charge in [0.15, 0.2) is 0 Å². The Bertz CT molecular complexity index is 559. The van der Waals surface area contributed by atoms with Crippen LogP contribution in [0.15, 0.2) is 24.5 Å². The van der Waals surface area contributed by atoms with Gasteiger partial charge in [-0.05, 0) is 50.3 Å². The molecule has 2 heterocycles. The van der Waals surface area contributed by atoms with Crippen LogP contribution in [-0.2, 0) is 12.8 Å². The molecule has 3 rings (SSSR count). The minimum absolute atomic E-state index is 0.178. The highest BCUT2D eigenvalue weighted by Gasteiger charge is 2.23. The predicted octanol–water partition coefficient (Wildman–Crippen LogP) is 2.01. The summed E-state index contributed by atoms with van der Waals surface area (Å²) in [7, 11) is 0. The first-order chi connectivity index (χ1) is 9.31. The van der Waals surface area contributed by atoms with E-state index in [1.165, 1.54) is 29.8 Å². The molecule has 0 radical (unpaired) electrons. The summed E-state index contributed by atoms with van der Waals surface area (Å²) in [4.78, 5) is 8.82. The van der Waals surface area contributed by atoms with E-state index in [0.29, 0.717) is 6.54 Å². The summed E-state index contributed by atoms with van der Waals surface area (Å²) < 4.78 is 2.34. The van der Waals surface area contributed by atoms with Gasteiger partial charge in [-0.1, -0.05) is 0 Å². The van der Waals surface area contributed by atoms with Gasteiger partial charge in [0, 0.05) is 24.6 Å². The Kier molecular flexibility index (Phi) is 3.34. The maximum Gasteiger partial charge on any atom is 0.106 e. The molecule has 0 aromatic carbocycles. The molecule has 1 aliphatic carbocycles. The normalized spacial score (nSPS) is 16.1. The third-order valence-corrected chi connectivity index (χ3v) is 3.97. The van der Waals surface area contributed by atoms with Gasteiger partial charge >= 0.3 is 0 Å². The molecule has 2 aromatic rings. The van der Waals surface area contributed by atoms with Crippen molar-refractivity contribution < 1.29 is 0 Å². The first-order valence-corrected chi connectivity index (χ1v) is 6.98. The van der Waals surface area contributed by atoms with Crippen LogP contribution in [0.25, 0.3) is 0 Å². The van der Waals surface area contributed by atoms with Gasteiger partial charge in [0.05, 0.1) is 11.7 Å². The lowest BCUT2D eigenvalue weighted by molar-refractivity contribution is 0.536. The number of aryl methyl sites for hydroxylation is 2. The van der Waals surface area contributed by atoms with Crippen molar-refractivity contribution in [2.24, 2.45) is 5.73 Å². The maximum absolute atomic E-state index is 6.03. The summed E-state index contributed by atoms with van der Waals surface area (Å²) in [6, 6.07) is 4.27. The van der Waals surface area contributed by atoms with E-state index in [1.807, 2.05) is 24.5 Å². The number of hydrogen-bond acceptors (Lipinski definition) is 3. The number of nitrogens with two attached hydrogens (primary N) is 1. The number of hydrogen-bond donors (Lipinski definition) is 1. The van der Waals surface area contributed by atoms with E-state index in [4.69, 9.17) is 10.7 Å². The van der Waals surface area contributed by atoms with Crippen molar-refractivity contribution in [3.8, 4) is 0 Å². The molecule has 0 spiro atoms. The SMILES string of the molecule is Cc1nc2c(n1C(CN)c1ccncc1)CCCC2. The Morgan fingerprint density at radius 1 is 1.26 bits per heavy atom. The smallest absolute Gasteiger partial charge is 0.106 e. The molecule has 1 unspecified atom stereocenters. The van der Waals surface area contributed by atoms with Crippen LogP contribution in [0.3, 0.4) is 0 Å². The third kappa shape index (κ3) is 2.16. The van der Waals surface area contributed by atoms with E-state index in [9.17, 15) is 0 Å². The predicted molar refractivity (Wildman–Crippen MR) is 75.0 cm³/mol. The Morgan fingerprint density at radius 3 is 2.74 bits per heavy atom. The second-order valence-electron chi connectivity index (χ2n) is 5.16. The van der Waals surface area contributed by atoms with Crippen LogP contribution in [0.1, 0.15) is 41.7 Å². The fourth-order valence-electron chi connectivity index (χ4n) is 3.09. The highest BCUT2D eigenvalue weighted by atomic mass is 15.1. The highest BCUT2D eigenvalue weighted by Crippen LogP contribution is 2.28. The van der Waals surface area contributed by atoms with Crippen LogP contribution in [0.5, 0.6) is 0 Å². The quantitative estimate of drug-likeness (QED) is 0.914. The molecule has 100 valence electrons. The van der Waals surface area contributed by atoms with E-state index < -0.39 is 0 Å². The number of pyridine rings is 1. The molecule has 2 N–H and O–H groups in total. The van der Waals surface area contributed by atoms with Crippen LogP contribution in [0.4, 0.5) is 0 Å². The summed E-state index contributed by atoms with van der Waals surface area (Å²) in [5.41, 5.74) is 9.90. The zero-order valence-electron chi connectivity index (χ0n) is 11.3. The van der Waals surface area contributed by atoms with Crippen molar-refractivity contribution in [1.29, 1.82) is 0 Å². The number of fused-ring (bicyclic) bond motifs is 1. The molecule has 19 heavy (non-hydrogen) atoms. The average Bonchev–Trinajstić information content (AvgIpc) is 2.78. The van der Waals surface area contributed by atoms with E-state index >= 15 is 0 Å². The summed E-state index contributed by atoms with van der Waals surface area (Å²) in [5.74, 6) is 1.08. The standard InChI is InChI=1S/C15H20N4/c1-11-18-13-4-2-3-5-14(13)19(11)15(10-16)12-6-8-17-9-7-12/h6-9,15H,2-5,10,16H2,1H3. The van der Waals surface area contributed by atoms with Crippen molar-refractivity contribution in [1.82, 2.24) is 14.5 Å². The van der Waals surface area contributed by atoms with Crippen LogP contribution in [0, 0.1) is 6.92 Å². The number of aromatic nitrogens is 3. The molecule has 0 saturated carbocycles. The molecular weight excluding hydrogens is 236 g/mol. The van der Waals surface area contributed by atoms with Gasteiger partial charge in [0.2, 0.25) is 0 Å². The molecular formula is C15H20N4. The lowest BCUT2D eigenvalue weighted by atomic mass is 10.00. The maximum atomic E-state index is 6.03. The van der Waals surface area contributed by atoms with Gasteiger partial charge in [-0.3, -0.25) is 4.98 Å². The molecule has 4 heteroatoms. The Balaban J connectivity index is 2.07. The summed E-state index contributed by atoms with van der Waals surface area (Å²) in [5, 5.41) is 0. The van der Waals surface area contributed by atoms with Gasteiger partial charge in [0.25, 0.3) is 0 Å². The summed E-state index contributed by atoms with van der Waals surface area (Å²) >= 11 is 0. The zero-order chi connectivity index (χ0) is 13.2. The van der Waals surface area contributed by atoms with Crippen LogP contribution < -0.4 is 5.73 Å². The highest BCUT2D eigenvalue weighted by molar-refractivity contribution is 5.26. The van der Waals surface area contributed by atoms with Gasteiger partial charge in [0.1, 0.15) is 5.82 Å². The van der Waals surface area contributed by atoms with Crippen molar-refractivity contribution in [2.45, 2.75) is 38.6 Å². The minimum atomic E-state index is 0.178. The van der Waals surface area contributed by atoms with E-state index in [1.54, 1.807) is 0 Å². The topological polar surface area (TPSA) is 56.7 Å². The van der Waals surface area contributed by atoms with E-state index in [-0.39, 0.29) is 6.04 Å². The monoisotopic (exact) mass is 256 g/mol. The Labute approximate surface area is 113 Å². The number of rotatable bonds is 3. The zero-order valence-corrected chi connectivity index (χ0v) is 11.3. The summed E-state index contributed by atoms with van der Waals surface area (Å²) in [6.45, 7) is 2.68. The van der Waals surface area contributed by atoms with E-state index in [0.717, 1.165) is 18.7 Å². The largest absolute Gasteiger partial charge is 0.328 e. The second-order valence-corrected chi connectivity index (χ2v) is 5.16. The first-order valence-electron chi connectivity index (χ1n) is 6.98. The first kappa shape index (κ1) is 12.4. The van der Waals surface area contributed by atoms with Gasteiger partial charge in [-0.2, -0.15) is 0 Å². The molecule has 4 nitrogen and oxygen atoms in total. The molecule has 0 saturated heterocycles. The molecule has 2 aromatic heterocycles. The fourth-order valence-corrected chi connectivity index (χ4v) is 3.09. The van der Waals surface area contributed by atoms with Crippen molar-refractivity contribution >= 4 is 0 Å². The van der Waals surface area contributed by atoms with Gasteiger partial charge < -0.3 is 10.3 Å². The van der Waals surface area contributed by atoms with Crippen molar-refractivity contribution in [3.63, 3.8) is 0 Å². The molecule has 0 fully saturated rings. The van der Waals surface area contributed by atoms with Crippen molar-refractivity contribution in [2.75, 3.05) is 6.54 Å². The average molecular weight is 256 g/mol. The lowest BCUT2D eigenvalue weighted by Crippen LogP contribution is -2.24. The molecule has 1 atom stereocenters. The molecule has 1 aliphatic rings. The Hall–Kier alpha value is -1.68.